The quantitative estimate of drug-likeness (QED) is 0.346. The predicted molar refractivity (Wildman–Crippen MR) is 145 cm³/mol. The molecule has 0 amide bonds. The van der Waals surface area contributed by atoms with Crippen LogP contribution >= 0.6 is 0 Å². The van der Waals surface area contributed by atoms with Gasteiger partial charge in [-0.15, -0.1) is 0 Å². The Morgan fingerprint density at radius 2 is 0.886 bits per heavy atom. The van der Waals surface area contributed by atoms with Gasteiger partial charge in [-0.25, -0.2) is 0 Å². The number of methoxy groups -OCH3 is 1. The maximum atomic E-state index is 9.24. The van der Waals surface area contributed by atoms with Gasteiger partial charge in [-0.1, -0.05) is 72.6 Å². The molecule has 2 unspecified atom stereocenters. The molecule has 6 heteroatoms. The first-order valence-electron chi connectivity index (χ1n) is 14.1. The summed E-state index contributed by atoms with van der Waals surface area (Å²) in [7, 11) is 2.67. The Hall–Kier alpha value is -0.240. The lowest BCUT2D eigenvalue weighted by atomic mass is 9.88. The maximum Gasteiger partial charge on any atom is 0.0841 e. The van der Waals surface area contributed by atoms with E-state index in [1.165, 1.54) is 70.6 Å². The minimum atomic E-state index is -0.205. The largest absolute Gasteiger partial charge is 0.400 e. The zero-order valence-corrected chi connectivity index (χ0v) is 22.5. The van der Waals surface area contributed by atoms with E-state index < -0.39 is 0 Å². The van der Waals surface area contributed by atoms with Crippen LogP contribution in [0.2, 0.25) is 0 Å². The van der Waals surface area contributed by atoms with Gasteiger partial charge in [-0.2, -0.15) is 0 Å². The standard InChI is InChI=1S/C7H14O2.2C7H14O.C6H10O.CH4O.CH4/c1-9-7-5-3-2-4-6(7)8;2*1-6-4-2-3-5-7(6)8;1-2-4-6-5(3-1)7-6;1-2;/h6-8H,2-5H2,1H3;2*6-8H,2-5H2,1H3;5-6H,1-4H2;2H,1H3;1H4/t3*6-,7-;;;/m000.../s1. The van der Waals surface area contributed by atoms with Crippen molar-refractivity contribution < 1.29 is 29.9 Å². The monoisotopic (exact) mass is 504 g/mol. The molecule has 35 heavy (non-hydrogen) atoms. The third-order valence-corrected chi connectivity index (χ3v) is 8.02. The van der Waals surface area contributed by atoms with E-state index in [0.717, 1.165) is 39.2 Å². The van der Waals surface area contributed by atoms with Crippen molar-refractivity contribution >= 4 is 0 Å². The molecule has 0 aromatic rings. The lowest BCUT2D eigenvalue weighted by Gasteiger charge is -2.25. The Bertz CT molecular complexity index is 426. The van der Waals surface area contributed by atoms with Gasteiger partial charge in [0.2, 0.25) is 0 Å². The van der Waals surface area contributed by atoms with Crippen LogP contribution in [-0.2, 0) is 9.47 Å². The summed E-state index contributed by atoms with van der Waals surface area (Å²) in [5.74, 6) is 1.12. The van der Waals surface area contributed by atoms with E-state index in [2.05, 4.69) is 13.8 Å². The van der Waals surface area contributed by atoms with E-state index >= 15 is 0 Å². The number of aliphatic hydroxyl groups is 4. The van der Waals surface area contributed by atoms with Crippen molar-refractivity contribution in [2.75, 3.05) is 14.2 Å². The van der Waals surface area contributed by atoms with Gasteiger partial charge in [-0.05, 0) is 63.2 Å². The molecule has 6 nitrogen and oxygen atoms in total. The van der Waals surface area contributed by atoms with Gasteiger partial charge >= 0.3 is 0 Å². The third kappa shape index (κ3) is 14.9. The zero-order valence-electron chi connectivity index (χ0n) is 22.5. The Morgan fingerprint density at radius 3 is 1.14 bits per heavy atom. The summed E-state index contributed by atoms with van der Waals surface area (Å²) in [4.78, 5) is 0. The van der Waals surface area contributed by atoms with Crippen molar-refractivity contribution in [2.45, 2.75) is 161 Å². The minimum Gasteiger partial charge on any atom is -0.400 e. The zero-order chi connectivity index (χ0) is 25.3. The van der Waals surface area contributed by atoms with E-state index in [0.29, 0.717) is 24.0 Å². The number of hydrogen-bond donors (Lipinski definition) is 4. The highest BCUT2D eigenvalue weighted by molar-refractivity contribution is 4.87. The molecule has 212 valence electrons. The van der Waals surface area contributed by atoms with Gasteiger partial charge in [0.1, 0.15) is 0 Å². The van der Waals surface area contributed by atoms with Crippen LogP contribution in [0.4, 0.5) is 0 Å². The summed E-state index contributed by atoms with van der Waals surface area (Å²) in [5.41, 5.74) is 0. The van der Waals surface area contributed by atoms with Crippen LogP contribution in [-0.4, -0.2) is 71.3 Å². The Kier molecular flexibility index (Phi) is 20.6. The lowest BCUT2D eigenvalue weighted by molar-refractivity contribution is -0.0359. The normalized spacial score (nSPS) is 37.4. The minimum absolute atomic E-state index is 0. The summed E-state index contributed by atoms with van der Waals surface area (Å²) in [6, 6.07) is 0. The fraction of sp³-hybridized carbons (Fsp3) is 1.00. The second kappa shape index (κ2) is 20.8. The Balaban J connectivity index is 0.000000427. The molecule has 0 aromatic heterocycles. The maximum absolute atomic E-state index is 9.24. The number of fused-ring (bicyclic) bond motifs is 1. The number of hydrogen-bond acceptors (Lipinski definition) is 6. The van der Waals surface area contributed by atoms with E-state index in [-0.39, 0.29) is 31.8 Å². The molecule has 4 aliphatic carbocycles. The van der Waals surface area contributed by atoms with Crippen molar-refractivity contribution in [3.8, 4) is 0 Å². The fourth-order valence-electron chi connectivity index (χ4n) is 5.32. The molecule has 0 aromatic carbocycles. The predicted octanol–water partition coefficient (Wildman–Crippen LogP) is 5.62. The first kappa shape index (κ1) is 34.8. The van der Waals surface area contributed by atoms with Crippen LogP contribution in [0, 0.1) is 11.8 Å². The van der Waals surface area contributed by atoms with Crippen LogP contribution in [0.5, 0.6) is 0 Å². The van der Waals surface area contributed by atoms with E-state index in [1.807, 2.05) is 0 Å². The molecule has 0 spiro atoms. The summed E-state index contributed by atoms with van der Waals surface area (Å²) in [6.07, 6.45) is 20.7. The SMILES string of the molecule is C.C1CCC2OC2C1.CO.CO[C@H]1CCCC[C@@H]1O.C[C@H]1CCCC[C@@H]1O.C[C@H]1CCCC[C@@H]1O. The molecule has 1 saturated heterocycles. The fourth-order valence-corrected chi connectivity index (χ4v) is 5.32. The summed E-state index contributed by atoms with van der Waals surface area (Å²) in [5, 5.41) is 34.6. The number of rotatable bonds is 1. The van der Waals surface area contributed by atoms with E-state index in [9.17, 15) is 15.3 Å². The van der Waals surface area contributed by atoms with Crippen LogP contribution < -0.4 is 0 Å². The van der Waals surface area contributed by atoms with E-state index in [1.54, 1.807) is 7.11 Å². The first-order valence-corrected chi connectivity index (χ1v) is 14.1. The number of ether oxygens (including phenoxy) is 2. The number of aliphatic hydroxyl groups excluding tert-OH is 4. The van der Waals surface area contributed by atoms with Crippen molar-refractivity contribution in [1.82, 2.24) is 0 Å². The van der Waals surface area contributed by atoms with Gasteiger partial charge < -0.3 is 29.9 Å². The highest BCUT2D eigenvalue weighted by atomic mass is 16.6. The van der Waals surface area contributed by atoms with Crippen LogP contribution in [0.1, 0.15) is 124 Å². The van der Waals surface area contributed by atoms with Crippen molar-refractivity contribution in [1.29, 1.82) is 0 Å². The molecule has 0 radical (unpaired) electrons. The average molecular weight is 505 g/mol. The van der Waals surface area contributed by atoms with Crippen LogP contribution in [0.15, 0.2) is 0 Å². The molecular formula is C29H60O6. The average Bonchev–Trinajstić information content (AvgIpc) is 3.66. The van der Waals surface area contributed by atoms with Gasteiger partial charge in [-0.3, -0.25) is 0 Å². The summed E-state index contributed by atoms with van der Waals surface area (Å²) in [6.45, 7) is 4.26. The third-order valence-electron chi connectivity index (χ3n) is 8.02. The molecule has 5 fully saturated rings. The topological polar surface area (TPSA) is 103 Å². The molecule has 8 atom stereocenters. The molecule has 4 N–H and O–H groups in total. The van der Waals surface area contributed by atoms with E-state index in [4.69, 9.17) is 14.6 Å². The highest BCUT2D eigenvalue weighted by Gasteiger charge is 2.39. The molecule has 5 aliphatic rings. The van der Waals surface area contributed by atoms with Crippen molar-refractivity contribution in [2.24, 2.45) is 11.8 Å². The van der Waals surface area contributed by atoms with Crippen molar-refractivity contribution in [3.05, 3.63) is 0 Å². The summed E-state index contributed by atoms with van der Waals surface area (Å²) < 4.78 is 10.3. The van der Waals surface area contributed by atoms with Gasteiger partial charge in [0.25, 0.3) is 0 Å². The second-order valence-corrected chi connectivity index (χ2v) is 10.8. The molecule has 5 rings (SSSR count). The second-order valence-electron chi connectivity index (χ2n) is 10.8. The van der Waals surface area contributed by atoms with Gasteiger partial charge in [0.15, 0.2) is 0 Å². The molecular weight excluding hydrogens is 444 g/mol. The van der Waals surface area contributed by atoms with Crippen molar-refractivity contribution in [3.63, 3.8) is 0 Å². The Labute approximate surface area is 216 Å². The van der Waals surface area contributed by atoms with Gasteiger partial charge in [0.05, 0.1) is 36.6 Å². The Morgan fingerprint density at radius 1 is 0.543 bits per heavy atom. The smallest absolute Gasteiger partial charge is 0.0841 e. The van der Waals surface area contributed by atoms with Gasteiger partial charge in [0, 0.05) is 14.2 Å². The highest BCUT2D eigenvalue weighted by Crippen LogP contribution is 2.35. The molecule has 1 aliphatic heterocycles. The first-order chi connectivity index (χ1) is 16.4. The molecule has 0 bridgehead atoms. The molecule has 1 heterocycles. The molecule has 4 saturated carbocycles. The summed E-state index contributed by atoms with van der Waals surface area (Å²) >= 11 is 0. The lowest BCUT2D eigenvalue weighted by Crippen LogP contribution is -2.30. The van der Waals surface area contributed by atoms with Crippen LogP contribution in [0.3, 0.4) is 0 Å². The van der Waals surface area contributed by atoms with Crippen LogP contribution in [0.25, 0.3) is 0 Å². The number of epoxide rings is 1.